The summed E-state index contributed by atoms with van der Waals surface area (Å²) in [6, 6.07) is 2.21. The highest BCUT2D eigenvalue weighted by molar-refractivity contribution is 6.04. The number of rotatable bonds is 1. The first kappa shape index (κ1) is 27.6. The van der Waals surface area contributed by atoms with E-state index >= 15 is 0 Å². The van der Waals surface area contributed by atoms with Gasteiger partial charge in [-0.3, -0.25) is 19.0 Å². The zero-order valence-electron chi connectivity index (χ0n) is 25.3. The van der Waals surface area contributed by atoms with Gasteiger partial charge in [0.1, 0.15) is 18.2 Å². The summed E-state index contributed by atoms with van der Waals surface area (Å²) < 4.78 is 1.66. The van der Waals surface area contributed by atoms with E-state index in [-0.39, 0.29) is 57.2 Å². The van der Waals surface area contributed by atoms with E-state index in [1.807, 2.05) is 19.9 Å². The van der Waals surface area contributed by atoms with Crippen LogP contribution in [0.15, 0.2) is 30.4 Å². The summed E-state index contributed by atoms with van der Waals surface area (Å²) in [7, 11) is 0. The zero-order valence-corrected chi connectivity index (χ0v) is 25.3. The van der Waals surface area contributed by atoms with Gasteiger partial charge in [0.2, 0.25) is 5.91 Å². The lowest BCUT2D eigenvalue weighted by Gasteiger charge is -2.71. The molecule has 1 heterocycles. The first-order valence-corrected chi connectivity index (χ1v) is 15.3. The van der Waals surface area contributed by atoms with E-state index in [9.17, 15) is 19.6 Å². The van der Waals surface area contributed by atoms with Crippen molar-refractivity contribution in [3.05, 3.63) is 30.4 Å². The Morgan fingerprint density at radius 3 is 2.33 bits per heavy atom. The SMILES string of the molecule is CC1(C)CC[C@]2(C(=O)n3ccnc3)CC[C@]3(C)[C@H](C(=O)CC4[C@]5(C)C=C(C#N)C(=O)C(C)(C)[C@@H]5CC[C@@]43C)[C@@H]2C1. The monoisotopic (exact) mass is 543 g/mol. The van der Waals surface area contributed by atoms with Gasteiger partial charge in [-0.1, -0.05) is 54.5 Å². The second-order valence-electron chi connectivity index (χ2n) is 16.1. The molecule has 5 aliphatic carbocycles. The summed E-state index contributed by atoms with van der Waals surface area (Å²) in [5.41, 5.74) is -1.67. The predicted octanol–water partition coefficient (Wildman–Crippen LogP) is 6.82. The van der Waals surface area contributed by atoms with Gasteiger partial charge < -0.3 is 0 Å². The molecule has 0 saturated heterocycles. The van der Waals surface area contributed by atoms with Gasteiger partial charge in [-0.25, -0.2) is 4.98 Å². The number of nitrogens with zero attached hydrogens (tertiary/aromatic N) is 3. The van der Waals surface area contributed by atoms with Gasteiger partial charge in [-0.15, -0.1) is 0 Å². The van der Waals surface area contributed by atoms with Gasteiger partial charge in [-0.2, -0.15) is 5.26 Å². The molecular weight excluding hydrogens is 498 g/mol. The third-order valence-electron chi connectivity index (χ3n) is 13.6. The number of carbonyl (C=O) groups is 3. The van der Waals surface area contributed by atoms with Crippen LogP contribution in [0.4, 0.5) is 0 Å². The molecule has 4 saturated carbocycles. The van der Waals surface area contributed by atoms with E-state index in [2.05, 4.69) is 45.7 Å². The molecule has 0 bridgehead atoms. The van der Waals surface area contributed by atoms with Crippen LogP contribution >= 0.6 is 0 Å². The summed E-state index contributed by atoms with van der Waals surface area (Å²) in [6.45, 7) is 15.6. The van der Waals surface area contributed by atoms with Crippen LogP contribution in [0.2, 0.25) is 0 Å². The third-order valence-corrected chi connectivity index (χ3v) is 13.6. The van der Waals surface area contributed by atoms with Gasteiger partial charge in [0.15, 0.2) is 5.78 Å². The van der Waals surface area contributed by atoms with Gasteiger partial charge in [0.25, 0.3) is 0 Å². The second-order valence-corrected chi connectivity index (χ2v) is 16.1. The van der Waals surface area contributed by atoms with Crippen molar-refractivity contribution in [3.63, 3.8) is 0 Å². The highest BCUT2D eigenvalue weighted by atomic mass is 16.2. The molecule has 0 aliphatic heterocycles. The number of allylic oxidation sites excluding steroid dienone is 2. The van der Waals surface area contributed by atoms with Gasteiger partial charge in [0, 0.05) is 30.1 Å². The molecule has 214 valence electrons. The maximum absolute atomic E-state index is 14.7. The van der Waals surface area contributed by atoms with E-state index in [1.165, 1.54) is 0 Å². The topological polar surface area (TPSA) is 92.8 Å². The minimum atomic E-state index is -0.636. The summed E-state index contributed by atoms with van der Waals surface area (Å²) in [5, 5.41) is 9.94. The number of carbonyl (C=O) groups excluding carboxylic acids is 3. The van der Waals surface area contributed by atoms with Crippen molar-refractivity contribution in [2.45, 2.75) is 99.8 Å². The largest absolute Gasteiger partial charge is 0.299 e. The standard InChI is InChI=1S/C34H45N3O3/c1-29(2)10-12-34(28(40)37-15-14-36-20-37)13-11-33(7)26(22(34)18-29)23(38)16-25-31(5)17-21(19-35)27(39)30(3,4)24(31)8-9-32(25,33)6/h14-15,17,20,22,24-26H,8-13,16,18H2,1-7H3/t22-,24-,25?,26-,31+,32-,33+,34-/m0/s1. The van der Waals surface area contributed by atoms with Crippen molar-refractivity contribution in [2.75, 3.05) is 0 Å². The lowest BCUT2D eigenvalue weighted by atomic mass is 9.31. The Morgan fingerprint density at radius 2 is 1.68 bits per heavy atom. The minimum absolute atomic E-state index is 0.00436. The first-order chi connectivity index (χ1) is 18.6. The molecule has 0 radical (unpaired) electrons. The molecule has 8 atom stereocenters. The molecule has 4 fully saturated rings. The molecule has 0 aromatic carbocycles. The normalized spacial score (nSPS) is 45.2. The van der Waals surface area contributed by atoms with Crippen LogP contribution in [-0.2, 0) is 9.59 Å². The summed E-state index contributed by atoms with van der Waals surface area (Å²) in [5.74, 6) is 0.308. The predicted molar refractivity (Wildman–Crippen MR) is 152 cm³/mol. The van der Waals surface area contributed by atoms with E-state index < -0.39 is 16.2 Å². The number of hydrogen-bond donors (Lipinski definition) is 0. The van der Waals surface area contributed by atoms with Crippen LogP contribution in [0.25, 0.3) is 0 Å². The molecule has 1 aromatic rings. The van der Waals surface area contributed by atoms with Crippen molar-refractivity contribution < 1.29 is 14.4 Å². The number of imidazole rings is 1. The Morgan fingerprint density at radius 1 is 0.975 bits per heavy atom. The second kappa shape index (κ2) is 8.26. The lowest BCUT2D eigenvalue weighted by Crippen LogP contribution is -2.69. The molecule has 1 unspecified atom stereocenters. The molecular formula is C34H45N3O3. The number of Topliss-reactive ketones (excluding diaryl/α,β-unsaturated/α-hetero) is 2. The van der Waals surface area contributed by atoms with Crippen LogP contribution < -0.4 is 0 Å². The Hall–Kier alpha value is -2.55. The molecule has 1 aromatic heterocycles. The number of ketones is 2. The van der Waals surface area contributed by atoms with Gasteiger partial charge in [-0.05, 0) is 84.4 Å². The molecule has 40 heavy (non-hydrogen) atoms. The molecule has 6 nitrogen and oxygen atoms in total. The highest BCUT2D eigenvalue weighted by Gasteiger charge is 2.73. The van der Waals surface area contributed by atoms with Crippen LogP contribution in [0.5, 0.6) is 0 Å². The number of aromatic nitrogens is 2. The van der Waals surface area contributed by atoms with Crippen LogP contribution in [0, 0.1) is 67.5 Å². The third kappa shape index (κ3) is 3.27. The van der Waals surface area contributed by atoms with Crippen molar-refractivity contribution in [1.29, 1.82) is 5.26 Å². The summed E-state index contributed by atoms with van der Waals surface area (Å²) >= 11 is 0. The first-order valence-electron chi connectivity index (χ1n) is 15.3. The Kier molecular flexibility index (Phi) is 5.70. The number of nitriles is 1. The van der Waals surface area contributed by atoms with Crippen molar-refractivity contribution in [2.24, 2.45) is 56.2 Å². The minimum Gasteiger partial charge on any atom is -0.299 e. The Bertz CT molecular complexity index is 1360. The van der Waals surface area contributed by atoms with Crippen molar-refractivity contribution in [1.82, 2.24) is 9.55 Å². The number of fused-ring (bicyclic) bond motifs is 7. The van der Waals surface area contributed by atoms with Crippen molar-refractivity contribution in [3.8, 4) is 6.07 Å². The van der Waals surface area contributed by atoms with E-state index in [4.69, 9.17) is 0 Å². The molecule has 0 spiro atoms. The average Bonchev–Trinajstić information content (AvgIpc) is 3.42. The van der Waals surface area contributed by atoms with Crippen LogP contribution in [0.1, 0.15) is 105 Å². The van der Waals surface area contributed by atoms with E-state index in [0.717, 1.165) is 44.9 Å². The van der Waals surface area contributed by atoms with Crippen LogP contribution in [-0.4, -0.2) is 27.0 Å². The summed E-state index contributed by atoms with van der Waals surface area (Å²) in [4.78, 5) is 46.4. The molecule has 6 rings (SSSR count). The number of hydrogen-bond acceptors (Lipinski definition) is 5. The maximum atomic E-state index is 14.7. The molecule has 0 amide bonds. The maximum Gasteiger partial charge on any atom is 0.238 e. The quantitative estimate of drug-likeness (QED) is 0.387. The zero-order chi connectivity index (χ0) is 29.1. The molecule has 0 N–H and O–H groups in total. The average molecular weight is 544 g/mol. The Balaban J connectivity index is 1.48. The Labute approximate surface area is 239 Å². The van der Waals surface area contributed by atoms with Crippen molar-refractivity contribution >= 4 is 17.5 Å². The fourth-order valence-corrected chi connectivity index (χ4v) is 11.3. The summed E-state index contributed by atoms with van der Waals surface area (Å²) in [6.07, 6.45) is 13.6. The smallest absolute Gasteiger partial charge is 0.238 e. The van der Waals surface area contributed by atoms with E-state index in [0.29, 0.717) is 12.2 Å². The fourth-order valence-electron chi connectivity index (χ4n) is 11.3. The highest BCUT2D eigenvalue weighted by Crippen LogP contribution is 2.75. The fraction of sp³-hybridized carbons (Fsp3) is 0.735. The molecule has 6 heteroatoms. The van der Waals surface area contributed by atoms with Crippen LogP contribution in [0.3, 0.4) is 0 Å². The molecule has 5 aliphatic rings. The van der Waals surface area contributed by atoms with Gasteiger partial charge >= 0.3 is 0 Å². The van der Waals surface area contributed by atoms with E-state index in [1.54, 1.807) is 23.3 Å². The van der Waals surface area contributed by atoms with Gasteiger partial charge in [0.05, 0.1) is 11.0 Å². The lowest BCUT2D eigenvalue weighted by molar-refractivity contribution is -0.217.